The molecule has 0 radical (unpaired) electrons. The third-order valence-electron chi connectivity index (χ3n) is 4.25. The lowest BCUT2D eigenvalue weighted by molar-refractivity contribution is 0.284. The van der Waals surface area contributed by atoms with Crippen molar-refractivity contribution >= 4 is 11.6 Å². The van der Waals surface area contributed by atoms with Crippen molar-refractivity contribution in [3.63, 3.8) is 0 Å². The van der Waals surface area contributed by atoms with Gasteiger partial charge in [-0.3, -0.25) is 0 Å². The Labute approximate surface area is 121 Å². The largest absolute Gasteiger partial charge is 0.496 e. The molecule has 0 atom stereocenters. The highest BCUT2D eigenvalue weighted by Gasteiger charge is 2.19. The normalized spacial score (nSPS) is 23.3. The first-order valence-corrected chi connectivity index (χ1v) is 7.66. The van der Waals surface area contributed by atoms with Crippen molar-refractivity contribution < 1.29 is 4.74 Å². The molecule has 0 amide bonds. The van der Waals surface area contributed by atoms with E-state index in [0.717, 1.165) is 28.8 Å². The van der Waals surface area contributed by atoms with E-state index in [9.17, 15) is 0 Å². The third-order valence-corrected chi connectivity index (χ3v) is 4.48. The van der Waals surface area contributed by atoms with Gasteiger partial charge in [-0.2, -0.15) is 0 Å². The minimum absolute atomic E-state index is 0.645. The molecular formula is C16H24ClNO. The van der Waals surface area contributed by atoms with Crippen LogP contribution in [-0.2, 0) is 6.54 Å². The summed E-state index contributed by atoms with van der Waals surface area (Å²) in [6.07, 6.45) is 6.64. The lowest BCUT2D eigenvalue weighted by Gasteiger charge is -2.28. The van der Waals surface area contributed by atoms with Gasteiger partial charge >= 0.3 is 0 Å². The Kier molecular flexibility index (Phi) is 5.53. The summed E-state index contributed by atoms with van der Waals surface area (Å²) < 4.78 is 5.38. The standard InChI is InChI=1S/C16H24ClNO/c1-3-12-4-7-15(8-5-12)18-11-13-10-14(17)6-9-16(13)19-2/h6,9-10,12,15,18H,3-5,7-8,11H2,1-2H3. The monoisotopic (exact) mass is 281 g/mol. The van der Waals surface area contributed by atoms with Gasteiger partial charge in [-0.1, -0.05) is 24.9 Å². The molecular weight excluding hydrogens is 258 g/mol. The third kappa shape index (κ3) is 4.12. The summed E-state index contributed by atoms with van der Waals surface area (Å²) in [4.78, 5) is 0. The van der Waals surface area contributed by atoms with E-state index >= 15 is 0 Å². The highest BCUT2D eigenvalue weighted by atomic mass is 35.5. The van der Waals surface area contributed by atoms with E-state index in [0.29, 0.717) is 6.04 Å². The second kappa shape index (κ2) is 7.16. The Hall–Kier alpha value is -0.730. The molecule has 3 heteroatoms. The summed E-state index contributed by atoms with van der Waals surface area (Å²) in [6, 6.07) is 6.45. The molecule has 2 nitrogen and oxygen atoms in total. The van der Waals surface area contributed by atoms with Gasteiger partial charge in [0.1, 0.15) is 5.75 Å². The molecule has 1 fully saturated rings. The summed E-state index contributed by atoms with van der Waals surface area (Å²) >= 11 is 6.05. The maximum Gasteiger partial charge on any atom is 0.123 e. The first-order chi connectivity index (χ1) is 9.22. The van der Waals surface area contributed by atoms with Crippen molar-refractivity contribution in [1.29, 1.82) is 0 Å². The maximum absolute atomic E-state index is 6.05. The molecule has 1 aliphatic carbocycles. The fraction of sp³-hybridized carbons (Fsp3) is 0.625. The Morgan fingerprint density at radius 2 is 2.00 bits per heavy atom. The van der Waals surface area contributed by atoms with Crippen LogP contribution in [0.5, 0.6) is 5.75 Å². The minimum atomic E-state index is 0.645. The zero-order chi connectivity index (χ0) is 13.7. The molecule has 1 saturated carbocycles. The molecule has 0 saturated heterocycles. The molecule has 1 aliphatic rings. The van der Waals surface area contributed by atoms with Gasteiger partial charge in [-0.15, -0.1) is 0 Å². The van der Waals surface area contributed by atoms with Crippen LogP contribution in [0.25, 0.3) is 0 Å². The molecule has 1 aromatic rings. The molecule has 1 N–H and O–H groups in total. The van der Waals surface area contributed by atoms with Crippen molar-refractivity contribution in [3.8, 4) is 5.75 Å². The highest BCUT2D eigenvalue weighted by molar-refractivity contribution is 6.30. The first kappa shape index (κ1) is 14.7. The van der Waals surface area contributed by atoms with Crippen molar-refractivity contribution in [1.82, 2.24) is 5.32 Å². The number of hydrogen-bond donors (Lipinski definition) is 1. The Morgan fingerprint density at radius 1 is 1.26 bits per heavy atom. The lowest BCUT2D eigenvalue weighted by atomic mass is 9.84. The highest BCUT2D eigenvalue weighted by Crippen LogP contribution is 2.27. The quantitative estimate of drug-likeness (QED) is 0.863. The van der Waals surface area contributed by atoms with Crippen molar-refractivity contribution in [2.75, 3.05) is 7.11 Å². The van der Waals surface area contributed by atoms with Gasteiger partial charge in [0.15, 0.2) is 0 Å². The zero-order valence-corrected chi connectivity index (χ0v) is 12.7. The summed E-state index contributed by atoms with van der Waals surface area (Å²) in [5, 5.41) is 4.42. The van der Waals surface area contributed by atoms with Crippen LogP contribution in [0, 0.1) is 5.92 Å². The predicted molar refractivity (Wildman–Crippen MR) is 80.9 cm³/mol. The van der Waals surface area contributed by atoms with Gasteiger partial charge in [0, 0.05) is 23.2 Å². The van der Waals surface area contributed by atoms with E-state index in [-0.39, 0.29) is 0 Å². The van der Waals surface area contributed by atoms with Crippen molar-refractivity contribution in [3.05, 3.63) is 28.8 Å². The summed E-state index contributed by atoms with van der Waals surface area (Å²) in [7, 11) is 1.71. The van der Waals surface area contributed by atoms with Gasteiger partial charge in [-0.05, 0) is 49.8 Å². The molecule has 0 aliphatic heterocycles. The number of methoxy groups -OCH3 is 1. The average Bonchev–Trinajstić information content (AvgIpc) is 2.46. The Bertz CT molecular complexity index is 400. The number of benzene rings is 1. The van der Waals surface area contributed by atoms with E-state index in [1.165, 1.54) is 32.1 Å². The zero-order valence-electron chi connectivity index (χ0n) is 11.9. The van der Waals surface area contributed by atoms with Gasteiger partial charge < -0.3 is 10.1 Å². The van der Waals surface area contributed by atoms with Crippen LogP contribution in [0.1, 0.15) is 44.6 Å². The van der Waals surface area contributed by atoms with E-state index in [1.807, 2.05) is 18.2 Å². The fourth-order valence-corrected chi connectivity index (χ4v) is 3.11. The molecule has 1 aromatic carbocycles. The first-order valence-electron chi connectivity index (χ1n) is 7.28. The van der Waals surface area contributed by atoms with Crippen LogP contribution >= 0.6 is 11.6 Å². The number of rotatable bonds is 5. The number of hydrogen-bond acceptors (Lipinski definition) is 2. The van der Waals surface area contributed by atoms with E-state index < -0.39 is 0 Å². The van der Waals surface area contributed by atoms with Crippen LogP contribution in [0.2, 0.25) is 5.02 Å². The van der Waals surface area contributed by atoms with Gasteiger partial charge in [0.05, 0.1) is 7.11 Å². The lowest BCUT2D eigenvalue weighted by Crippen LogP contribution is -2.32. The van der Waals surface area contributed by atoms with Gasteiger partial charge in [0.2, 0.25) is 0 Å². The average molecular weight is 282 g/mol. The molecule has 2 rings (SSSR count). The minimum Gasteiger partial charge on any atom is -0.496 e. The van der Waals surface area contributed by atoms with E-state index in [2.05, 4.69) is 12.2 Å². The fourth-order valence-electron chi connectivity index (χ4n) is 2.91. The van der Waals surface area contributed by atoms with Crippen LogP contribution in [-0.4, -0.2) is 13.2 Å². The van der Waals surface area contributed by atoms with Crippen molar-refractivity contribution in [2.45, 2.75) is 51.6 Å². The van der Waals surface area contributed by atoms with Crippen molar-refractivity contribution in [2.24, 2.45) is 5.92 Å². The van der Waals surface area contributed by atoms with E-state index in [4.69, 9.17) is 16.3 Å². The second-order valence-electron chi connectivity index (χ2n) is 5.46. The maximum atomic E-state index is 6.05. The van der Waals surface area contributed by atoms with Crippen LogP contribution < -0.4 is 10.1 Å². The molecule has 106 valence electrons. The Balaban J connectivity index is 1.87. The molecule has 0 heterocycles. The van der Waals surface area contributed by atoms with Crippen LogP contribution in [0.3, 0.4) is 0 Å². The van der Waals surface area contributed by atoms with E-state index in [1.54, 1.807) is 7.11 Å². The molecule has 0 spiro atoms. The topological polar surface area (TPSA) is 21.3 Å². The predicted octanol–water partition coefficient (Wildman–Crippen LogP) is 4.41. The van der Waals surface area contributed by atoms with Gasteiger partial charge in [-0.25, -0.2) is 0 Å². The smallest absolute Gasteiger partial charge is 0.123 e. The van der Waals surface area contributed by atoms with Crippen LogP contribution in [0.4, 0.5) is 0 Å². The summed E-state index contributed by atoms with van der Waals surface area (Å²) in [5.74, 6) is 1.86. The SMILES string of the molecule is CCC1CCC(NCc2cc(Cl)ccc2OC)CC1. The number of halogens is 1. The molecule has 0 bridgehead atoms. The molecule has 0 unspecified atom stereocenters. The summed E-state index contributed by atoms with van der Waals surface area (Å²) in [6.45, 7) is 3.14. The number of ether oxygens (including phenoxy) is 1. The Morgan fingerprint density at radius 3 is 2.63 bits per heavy atom. The summed E-state index contributed by atoms with van der Waals surface area (Å²) in [5.41, 5.74) is 1.15. The molecule has 19 heavy (non-hydrogen) atoms. The second-order valence-corrected chi connectivity index (χ2v) is 5.90. The number of nitrogens with one attached hydrogen (secondary N) is 1. The molecule has 0 aromatic heterocycles. The van der Waals surface area contributed by atoms with Crippen LogP contribution in [0.15, 0.2) is 18.2 Å². The van der Waals surface area contributed by atoms with Gasteiger partial charge in [0.25, 0.3) is 0 Å².